The molecule has 3 nitrogen and oxygen atoms in total. The lowest BCUT2D eigenvalue weighted by molar-refractivity contribution is -0.122. The molecule has 1 rings (SSSR count). The quantitative estimate of drug-likeness (QED) is 0.835. The average molecular weight is 268 g/mol. The highest BCUT2D eigenvalue weighted by Crippen LogP contribution is 2.37. The molecule has 1 aliphatic rings. The molecule has 2 atom stereocenters. The molecule has 0 saturated carbocycles. The molecule has 0 bridgehead atoms. The molecule has 1 heterocycles. The van der Waals surface area contributed by atoms with Crippen LogP contribution in [0.3, 0.4) is 0 Å². The van der Waals surface area contributed by atoms with Gasteiger partial charge in [-0.1, -0.05) is 48.5 Å². The predicted octanol–water partition coefficient (Wildman–Crippen LogP) is 2.91. The first-order valence-electron chi connectivity index (χ1n) is 7.57. The first-order chi connectivity index (χ1) is 8.55. The van der Waals surface area contributed by atoms with Gasteiger partial charge in [-0.25, -0.2) is 0 Å². The van der Waals surface area contributed by atoms with Crippen LogP contribution in [0.25, 0.3) is 0 Å². The fraction of sp³-hybridized carbons (Fsp3) is 0.938. The van der Waals surface area contributed by atoms with Crippen molar-refractivity contribution in [3.63, 3.8) is 0 Å². The van der Waals surface area contributed by atoms with E-state index in [9.17, 15) is 4.79 Å². The van der Waals surface area contributed by atoms with Gasteiger partial charge in [0.2, 0.25) is 5.91 Å². The van der Waals surface area contributed by atoms with Gasteiger partial charge in [-0.2, -0.15) is 0 Å². The number of carbonyl (C=O) groups is 1. The molecule has 1 aliphatic heterocycles. The van der Waals surface area contributed by atoms with Crippen LogP contribution >= 0.6 is 0 Å². The zero-order valence-corrected chi connectivity index (χ0v) is 13.8. The minimum Gasteiger partial charge on any atom is -0.351 e. The standard InChI is InChI=1S/C16H32N2O/c1-8-9-18-10-12(15(2,3)4)14(16(5,6)7)17-13(19)11-18/h12,14H,8-11H2,1-7H3,(H,17,19). The summed E-state index contributed by atoms with van der Waals surface area (Å²) in [5.74, 6) is 0.658. The summed E-state index contributed by atoms with van der Waals surface area (Å²) in [5.41, 5.74) is 0.289. The number of nitrogens with one attached hydrogen (secondary N) is 1. The Morgan fingerprint density at radius 2 is 1.74 bits per heavy atom. The maximum absolute atomic E-state index is 12.1. The van der Waals surface area contributed by atoms with Gasteiger partial charge in [0.15, 0.2) is 0 Å². The Morgan fingerprint density at radius 1 is 1.16 bits per heavy atom. The zero-order chi connectivity index (χ0) is 14.8. The Kier molecular flexibility index (Phi) is 5.05. The number of hydrogen-bond donors (Lipinski definition) is 1. The van der Waals surface area contributed by atoms with Crippen molar-refractivity contribution < 1.29 is 4.79 Å². The van der Waals surface area contributed by atoms with Crippen LogP contribution in [-0.4, -0.2) is 36.5 Å². The van der Waals surface area contributed by atoms with Crippen molar-refractivity contribution in [2.75, 3.05) is 19.6 Å². The van der Waals surface area contributed by atoms with Crippen molar-refractivity contribution in [1.29, 1.82) is 0 Å². The van der Waals surface area contributed by atoms with Crippen molar-refractivity contribution in [2.45, 2.75) is 60.9 Å². The average Bonchev–Trinajstić information content (AvgIpc) is 2.36. The predicted molar refractivity (Wildman–Crippen MR) is 81.1 cm³/mol. The molecule has 0 radical (unpaired) electrons. The van der Waals surface area contributed by atoms with E-state index in [1.54, 1.807) is 0 Å². The van der Waals surface area contributed by atoms with Crippen LogP contribution in [0.5, 0.6) is 0 Å². The number of rotatable bonds is 2. The van der Waals surface area contributed by atoms with Crippen molar-refractivity contribution in [3.8, 4) is 0 Å². The molecule has 112 valence electrons. The van der Waals surface area contributed by atoms with Gasteiger partial charge in [-0.15, -0.1) is 0 Å². The molecule has 3 heteroatoms. The molecular weight excluding hydrogens is 236 g/mol. The summed E-state index contributed by atoms with van der Waals surface area (Å²) >= 11 is 0. The fourth-order valence-electron chi connectivity index (χ4n) is 3.05. The summed E-state index contributed by atoms with van der Waals surface area (Å²) in [6, 6.07) is 0.238. The molecule has 0 aliphatic carbocycles. The molecule has 1 amide bonds. The fourth-order valence-corrected chi connectivity index (χ4v) is 3.05. The van der Waals surface area contributed by atoms with Crippen LogP contribution in [0.1, 0.15) is 54.9 Å². The first kappa shape index (κ1) is 16.5. The number of carbonyl (C=O) groups excluding carboxylic acids is 1. The van der Waals surface area contributed by atoms with E-state index >= 15 is 0 Å². The highest BCUT2D eigenvalue weighted by atomic mass is 16.2. The lowest BCUT2D eigenvalue weighted by Crippen LogP contribution is -2.52. The van der Waals surface area contributed by atoms with E-state index in [0.717, 1.165) is 19.5 Å². The van der Waals surface area contributed by atoms with E-state index in [4.69, 9.17) is 0 Å². The monoisotopic (exact) mass is 268 g/mol. The second-order valence-electron chi connectivity index (χ2n) is 8.12. The second-order valence-corrected chi connectivity index (χ2v) is 8.12. The normalized spacial score (nSPS) is 27.0. The minimum atomic E-state index is 0.0931. The van der Waals surface area contributed by atoms with Gasteiger partial charge < -0.3 is 5.32 Å². The van der Waals surface area contributed by atoms with Crippen molar-refractivity contribution >= 4 is 5.91 Å². The number of nitrogens with zero attached hydrogens (tertiary/aromatic N) is 1. The van der Waals surface area contributed by atoms with Gasteiger partial charge in [-0.05, 0) is 29.7 Å². The number of amides is 1. The number of hydrogen-bond acceptors (Lipinski definition) is 2. The molecule has 1 N–H and O–H groups in total. The minimum absolute atomic E-state index is 0.0931. The molecule has 0 aromatic heterocycles. The van der Waals surface area contributed by atoms with E-state index in [0.29, 0.717) is 12.5 Å². The van der Waals surface area contributed by atoms with Crippen molar-refractivity contribution in [1.82, 2.24) is 10.2 Å². The van der Waals surface area contributed by atoms with Crippen LogP contribution in [-0.2, 0) is 4.79 Å². The van der Waals surface area contributed by atoms with Gasteiger partial charge in [0.05, 0.1) is 6.54 Å². The van der Waals surface area contributed by atoms with E-state index in [1.807, 2.05) is 0 Å². The van der Waals surface area contributed by atoms with Crippen molar-refractivity contribution in [2.24, 2.45) is 16.7 Å². The maximum atomic E-state index is 12.1. The maximum Gasteiger partial charge on any atom is 0.234 e. The third kappa shape index (κ3) is 4.48. The Bertz CT molecular complexity index is 312. The Labute approximate surface area is 119 Å². The Morgan fingerprint density at radius 3 is 2.16 bits per heavy atom. The molecular formula is C16H32N2O. The van der Waals surface area contributed by atoms with Crippen LogP contribution < -0.4 is 5.32 Å². The SMILES string of the molecule is CCCN1CC(=O)NC(C(C)(C)C)C(C(C)(C)C)C1. The molecule has 0 aromatic carbocycles. The lowest BCUT2D eigenvalue weighted by Gasteiger charge is -2.43. The van der Waals surface area contributed by atoms with Gasteiger partial charge in [0.25, 0.3) is 0 Å². The molecule has 1 fully saturated rings. The summed E-state index contributed by atoms with van der Waals surface area (Å²) in [6.07, 6.45) is 1.10. The third-order valence-corrected chi connectivity index (χ3v) is 4.13. The van der Waals surface area contributed by atoms with Crippen LogP contribution in [0.2, 0.25) is 0 Å². The molecule has 0 spiro atoms. The first-order valence-corrected chi connectivity index (χ1v) is 7.57. The van der Waals surface area contributed by atoms with Crippen LogP contribution in [0.4, 0.5) is 0 Å². The second kappa shape index (κ2) is 5.82. The molecule has 1 saturated heterocycles. The summed E-state index contributed by atoms with van der Waals surface area (Å²) in [6.45, 7) is 18.3. The summed E-state index contributed by atoms with van der Waals surface area (Å²) in [5, 5.41) is 3.28. The van der Waals surface area contributed by atoms with Crippen LogP contribution in [0.15, 0.2) is 0 Å². The van der Waals surface area contributed by atoms with Crippen LogP contribution in [0, 0.1) is 16.7 Å². The topological polar surface area (TPSA) is 32.3 Å². The smallest absolute Gasteiger partial charge is 0.234 e. The van der Waals surface area contributed by atoms with Gasteiger partial charge in [0.1, 0.15) is 0 Å². The highest BCUT2D eigenvalue weighted by molar-refractivity contribution is 5.78. The molecule has 19 heavy (non-hydrogen) atoms. The largest absolute Gasteiger partial charge is 0.351 e. The van der Waals surface area contributed by atoms with Gasteiger partial charge in [0, 0.05) is 12.6 Å². The van der Waals surface area contributed by atoms with E-state index in [-0.39, 0.29) is 22.8 Å². The summed E-state index contributed by atoms with van der Waals surface area (Å²) in [4.78, 5) is 14.5. The summed E-state index contributed by atoms with van der Waals surface area (Å²) in [7, 11) is 0. The Balaban J connectivity index is 3.04. The highest BCUT2D eigenvalue weighted by Gasteiger charge is 2.42. The molecule has 2 unspecified atom stereocenters. The van der Waals surface area contributed by atoms with Gasteiger partial charge in [-0.3, -0.25) is 9.69 Å². The lowest BCUT2D eigenvalue weighted by atomic mass is 9.68. The van der Waals surface area contributed by atoms with Crippen molar-refractivity contribution in [3.05, 3.63) is 0 Å². The van der Waals surface area contributed by atoms with E-state index in [2.05, 4.69) is 58.7 Å². The molecule has 0 aromatic rings. The Hall–Kier alpha value is -0.570. The van der Waals surface area contributed by atoms with Gasteiger partial charge >= 0.3 is 0 Å². The third-order valence-electron chi connectivity index (χ3n) is 4.13. The summed E-state index contributed by atoms with van der Waals surface area (Å²) < 4.78 is 0. The zero-order valence-electron chi connectivity index (χ0n) is 13.8. The van der Waals surface area contributed by atoms with E-state index < -0.39 is 0 Å². The van der Waals surface area contributed by atoms with E-state index in [1.165, 1.54) is 0 Å².